The molecular weight excluding hydrogens is 376 g/mol. The maximum Gasteiger partial charge on any atom is 0.419 e. The third-order valence-electron chi connectivity index (χ3n) is 5.52. The number of benzene rings is 1. The van der Waals surface area contributed by atoms with Gasteiger partial charge in [0.15, 0.2) is 0 Å². The van der Waals surface area contributed by atoms with E-state index in [0.717, 1.165) is 44.9 Å². The van der Waals surface area contributed by atoms with E-state index in [0.29, 0.717) is 38.4 Å². The van der Waals surface area contributed by atoms with E-state index in [-0.39, 0.29) is 5.91 Å². The molecule has 0 spiro atoms. The number of hydrogen-bond donors (Lipinski definition) is 0. The lowest BCUT2D eigenvalue weighted by molar-refractivity contribution is -0.140. The van der Waals surface area contributed by atoms with Gasteiger partial charge >= 0.3 is 6.18 Å². The number of piperazine rings is 2. The number of anilines is 1. The Hall–Kier alpha value is -1.87. The summed E-state index contributed by atoms with van der Waals surface area (Å²) in [5.74, 6) is -1.16. The van der Waals surface area contributed by atoms with Crippen molar-refractivity contribution in [1.29, 1.82) is 0 Å². The van der Waals surface area contributed by atoms with Crippen molar-refractivity contribution < 1.29 is 22.4 Å². The summed E-state index contributed by atoms with van der Waals surface area (Å²) in [4.78, 5) is 20.5. The highest BCUT2D eigenvalue weighted by Crippen LogP contribution is 2.34. The number of alkyl halides is 3. The monoisotopic (exact) mass is 402 g/mol. The summed E-state index contributed by atoms with van der Waals surface area (Å²) in [5, 5.41) is 0. The van der Waals surface area contributed by atoms with Crippen molar-refractivity contribution in [3.63, 3.8) is 0 Å². The van der Waals surface area contributed by atoms with Crippen molar-refractivity contribution in [3.8, 4) is 0 Å². The first-order chi connectivity index (χ1) is 13.3. The molecule has 9 heteroatoms. The Morgan fingerprint density at radius 3 is 2.14 bits per heavy atom. The minimum Gasteiger partial charge on any atom is -0.369 e. The third kappa shape index (κ3) is 4.94. The molecule has 0 unspecified atom stereocenters. The van der Waals surface area contributed by atoms with Crippen LogP contribution in [-0.2, 0) is 11.0 Å². The lowest BCUT2D eigenvalue weighted by Gasteiger charge is -2.38. The Morgan fingerprint density at radius 1 is 0.964 bits per heavy atom. The van der Waals surface area contributed by atoms with Crippen molar-refractivity contribution >= 4 is 11.6 Å². The van der Waals surface area contributed by atoms with Gasteiger partial charge in [-0.3, -0.25) is 9.69 Å². The molecule has 1 aromatic carbocycles. The maximum absolute atomic E-state index is 13.5. The van der Waals surface area contributed by atoms with E-state index in [1.807, 2.05) is 9.80 Å². The number of amides is 1. The predicted octanol–water partition coefficient (Wildman–Crippen LogP) is 2.13. The second-order valence-electron chi connectivity index (χ2n) is 7.24. The standard InChI is InChI=1S/C19H26F4N4O/c1-2-24-5-11-27(12-6-24)18(28)14-25-7-9-26(10-8-25)15-3-4-17(20)16(13-15)19(21,22)23/h3-4,13H,2,5-12,14H2,1H3. The molecule has 5 nitrogen and oxygen atoms in total. The highest BCUT2D eigenvalue weighted by molar-refractivity contribution is 5.78. The Bertz CT molecular complexity index is 681. The predicted molar refractivity (Wildman–Crippen MR) is 98.7 cm³/mol. The summed E-state index contributed by atoms with van der Waals surface area (Å²) in [7, 11) is 0. The van der Waals surface area contributed by atoms with Crippen LogP contribution in [0.15, 0.2) is 18.2 Å². The number of rotatable bonds is 4. The Labute approximate surface area is 162 Å². The van der Waals surface area contributed by atoms with Crippen molar-refractivity contribution in [2.45, 2.75) is 13.1 Å². The summed E-state index contributed by atoms with van der Waals surface area (Å²) in [6.45, 7) is 8.85. The second kappa shape index (κ2) is 8.65. The minimum atomic E-state index is -4.71. The summed E-state index contributed by atoms with van der Waals surface area (Å²) in [6.07, 6.45) is -4.71. The van der Waals surface area contributed by atoms with Crippen molar-refractivity contribution in [2.24, 2.45) is 0 Å². The molecule has 2 aliphatic heterocycles. The van der Waals surface area contributed by atoms with Gasteiger partial charge in [0.1, 0.15) is 5.82 Å². The summed E-state index contributed by atoms with van der Waals surface area (Å²) in [5.41, 5.74) is -0.885. The zero-order valence-electron chi connectivity index (χ0n) is 16.0. The van der Waals surface area contributed by atoms with Crippen LogP contribution in [0, 0.1) is 5.82 Å². The first kappa shape index (κ1) is 20.9. The Kier molecular flexibility index (Phi) is 6.44. The number of halogens is 4. The molecule has 2 saturated heterocycles. The van der Waals surface area contributed by atoms with Crippen molar-refractivity contribution in [1.82, 2.24) is 14.7 Å². The number of carbonyl (C=O) groups excluding carboxylic acids is 1. The molecule has 0 bridgehead atoms. The molecule has 0 N–H and O–H groups in total. The molecule has 0 radical (unpaired) electrons. The molecule has 28 heavy (non-hydrogen) atoms. The molecule has 0 aromatic heterocycles. The van der Waals surface area contributed by atoms with Crippen LogP contribution in [-0.4, -0.2) is 86.1 Å². The molecule has 0 atom stereocenters. The second-order valence-corrected chi connectivity index (χ2v) is 7.24. The Morgan fingerprint density at radius 2 is 1.57 bits per heavy atom. The third-order valence-corrected chi connectivity index (χ3v) is 5.52. The normalized spacial score (nSPS) is 19.9. The van der Waals surface area contributed by atoms with E-state index in [4.69, 9.17) is 0 Å². The largest absolute Gasteiger partial charge is 0.419 e. The fourth-order valence-electron chi connectivity index (χ4n) is 3.70. The average molecular weight is 402 g/mol. The zero-order valence-corrected chi connectivity index (χ0v) is 16.0. The van der Waals surface area contributed by atoms with Crippen LogP contribution in [0.2, 0.25) is 0 Å². The molecule has 1 amide bonds. The molecule has 0 saturated carbocycles. The van der Waals surface area contributed by atoms with E-state index in [1.165, 1.54) is 6.07 Å². The van der Waals surface area contributed by atoms with E-state index < -0.39 is 17.6 Å². The van der Waals surface area contributed by atoms with Gasteiger partial charge in [-0.1, -0.05) is 6.92 Å². The minimum absolute atomic E-state index is 0.102. The number of carbonyl (C=O) groups is 1. The lowest BCUT2D eigenvalue weighted by Crippen LogP contribution is -2.53. The molecule has 0 aliphatic carbocycles. The maximum atomic E-state index is 13.5. The van der Waals surface area contributed by atoms with E-state index >= 15 is 0 Å². The molecule has 3 rings (SSSR count). The zero-order chi connectivity index (χ0) is 20.3. The SMILES string of the molecule is CCN1CCN(C(=O)CN2CCN(c3ccc(F)c(C(F)(F)F)c3)CC2)CC1. The molecule has 1 aromatic rings. The summed E-state index contributed by atoms with van der Waals surface area (Å²) in [6, 6.07) is 3.10. The first-order valence-electron chi connectivity index (χ1n) is 9.62. The van der Waals surface area contributed by atoms with Gasteiger partial charge in [0.05, 0.1) is 12.1 Å². The number of hydrogen-bond acceptors (Lipinski definition) is 4. The summed E-state index contributed by atoms with van der Waals surface area (Å²) < 4.78 is 52.2. The first-order valence-corrected chi connectivity index (χ1v) is 9.62. The van der Waals surface area contributed by atoms with Gasteiger partial charge in [-0.05, 0) is 24.7 Å². The summed E-state index contributed by atoms with van der Waals surface area (Å²) >= 11 is 0. The van der Waals surface area contributed by atoms with Crippen LogP contribution in [0.3, 0.4) is 0 Å². The highest BCUT2D eigenvalue weighted by atomic mass is 19.4. The van der Waals surface area contributed by atoms with Gasteiger partial charge < -0.3 is 14.7 Å². The smallest absolute Gasteiger partial charge is 0.369 e. The van der Waals surface area contributed by atoms with Crippen LogP contribution >= 0.6 is 0 Å². The van der Waals surface area contributed by atoms with Crippen LogP contribution in [0.1, 0.15) is 12.5 Å². The molecule has 2 aliphatic rings. The van der Waals surface area contributed by atoms with Crippen LogP contribution < -0.4 is 4.90 Å². The quantitative estimate of drug-likeness (QED) is 0.722. The number of likely N-dealkylation sites (N-methyl/N-ethyl adjacent to an activating group) is 1. The highest BCUT2D eigenvalue weighted by Gasteiger charge is 2.35. The Balaban J connectivity index is 1.52. The van der Waals surface area contributed by atoms with Gasteiger partial charge in [0.25, 0.3) is 0 Å². The van der Waals surface area contributed by atoms with Crippen molar-refractivity contribution in [3.05, 3.63) is 29.6 Å². The number of nitrogens with zero attached hydrogens (tertiary/aromatic N) is 4. The lowest BCUT2D eigenvalue weighted by atomic mass is 10.1. The molecule has 2 fully saturated rings. The molecule has 2 heterocycles. The molecule has 156 valence electrons. The van der Waals surface area contributed by atoms with E-state index in [2.05, 4.69) is 11.8 Å². The van der Waals surface area contributed by atoms with E-state index in [1.54, 1.807) is 4.90 Å². The van der Waals surface area contributed by atoms with Gasteiger partial charge in [-0.25, -0.2) is 4.39 Å². The van der Waals surface area contributed by atoms with E-state index in [9.17, 15) is 22.4 Å². The van der Waals surface area contributed by atoms with Gasteiger partial charge in [-0.2, -0.15) is 13.2 Å². The fraction of sp³-hybridized carbons (Fsp3) is 0.632. The fourth-order valence-corrected chi connectivity index (χ4v) is 3.70. The van der Waals surface area contributed by atoms with Gasteiger partial charge in [0, 0.05) is 58.0 Å². The molecular formula is C19H26F4N4O. The van der Waals surface area contributed by atoms with Gasteiger partial charge in [-0.15, -0.1) is 0 Å². The van der Waals surface area contributed by atoms with Gasteiger partial charge in [0.2, 0.25) is 5.91 Å². The van der Waals surface area contributed by atoms with Crippen molar-refractivity contribution in [2.75, 3.05) is 70.3 Å². The topological polar surface area (TPSA) is 30.0 Å². The van der Waals surface area contributed by atoms with Crippen LogP contribution in [0.4, 0.5) is 23.2 Å². The van der Waals surface area contributed by atoms with Crippen LogP contribution in [0.25, 0.3) is 0 Å². The average Bonchev–Trinajstić information content (AvgIpc) is 2.68. The van der Waals surface area contributed by atoms with Crippen LogP contribution in [0.5, 0.6) is 0 Å².